The highest BCUT2D eigenvalue weighted by Crippen LogP contribution is 2.41. The standard InChI is InChI=1S/C18H15F3N2O3S/c1-23-13-7-6-12(26-2)9-14(13)27-15(17(23)25)16(24)22-11-5-3-4-10(8-11)18(19,20)21/h3-9,15H,1-2H3,(H,22,24). The van der Waals surface area contributed by atoms with Crippen LogP contribution in [0.5, 0.6) is 5.75 Å². The largest absolute Gasteiger partial charge is 0.497 e. The average Bonchev–Trinajstić information content (AvgIpc) is 2.63. The summed E-state index contributed by atoms with van der Waals surface area (Å²) in [6, 6.07) is 9.38. The van der Waals surface area contributed by atoms with Gasteiger partial charge in [0, 0.05) is 17.6 Å². The zero-order valence-electron chi connectivity index (χ0n) is 14.3. The molecule has 0 spiro atoms. The van der Waals surface area contributed by atoms with E-state index >= 15 is 0 Å². The molecule has 0 bridgehead atoms. The Morgan fingerprint density at radius 2 is 1.96 bits per heavy atom. The number of carbonyl (C=O) groups excluding carboxylic acids is 2. The smallest absolute Gasteiger partial charge is 0.416 e. The Balaban J connectivity index is 1.84. The summed E-state index contributed by atoms with van der Waals surface area (Å²) in [6.07, 6.45) is -4.52. The van der Waals surface area contributed by atoms with Gasteiger partial charge < -0.3 is 15.0 Å². The monoisotopic (exact) mass is 396 g/mol. The molecular formula is C18H15F3N2O3S. The molecule has 0 saturated carbocycles. The third kappa shape index (κ3) is 3.87. The van der Waals surface area contributed by atoms with Crippen LogP contribution in [-0.4, -0.2) is 31.2 Å². The van der Waals surface area contributed by atoms with Crippen molar-refractivity contribution < 1.29 is 27.5 Å². The number of nitrogens with zero attached hydrogens (tertiary/aromatic N) is 1. The molecule has 1 atom stereocenters. The van der Waals surface area contributed by atoms with Crippen LogP contribution >= 0.6 is 11.8 Å². The minimum Gasteiger partial charge on any atom is -0.497 e. The molecule has 0 radical (unpaired) electrons. The molecule has 1 aliphatic rings. The summed E-state index contributed by atoms with van der Waals surface area (Å²) in [5.74, 6) is -0.576. The zero-order valence-corrected chi connectivity index (χ0v) is 15.1. The van der Waals surface area contributed by atoms with Gasteiger partial charge in [0.25, 0.3) is 0 Å². The molecule has 3 rings (SSSR count). The fraction of sp³-hybridized carbons (Fsp3) is 0.222. The van der Waals surface area contributed by atoms with Gasteiger partial charge in [-0.05, 0) is 36.4 Å². The number of methoxy groups -OCH3 is 1. The molecule has 0 aliphatic carbocycles. The van der Waals surface area contributed by atoms with Gasteiger partial charge in [0.15, 0.2) is 5.25 Å². The van der Waals surface area contributed by atoms with E-state index in [0.29, 0.717) is 16.3 Å². The first kappa shape index (κ1) is 19.1. The Bertz CT molecular complexity index is 902. The molecule has 0 fully saturated rings. The van der Waals surface area contributed by atoms with Gasteiger partial charge in [-0.1, -0.05) is 6.07 Å². The topological polar surface area (TPSA) is 58.6 Å². The summed E-state index contributed by atoms with van der Waals surface area (Å²) in [4.78, 5) is 27.1. The van der Waals surface area contributed by atoms with Crippen molar-refractivity contribution >= 4 is 35.0 Å². The van der Waals surface area contributed by atoms with Crippen LogP contribution in [0.1, 0.15) is 5.56 Å². The van der Waals surface area contributed by atoms with E-state index in [-0.39, 0.29) is 5.69 Å². The number of anilines is 2. The lowest BCUT2D eigenvalue weighted by Crippen LogP contribution is -2.44. The number of hydrogen-bond donors (Lipinski definition) is 1. The van der Waals surface area contributed by atoms with Crippen LogP contribution < -0.4 is 15.0 Å². The lowest BCUT2D eigenvalue weighted by molar-refractivity contribution is -0.137. The second-order valence-electron chi connectivity index (χ2n) is 5.80. The predicted octanol–water partition coefficient (Wildman–Crippen LogP) is 3.79. The number of fused-ring (bicyclic) bond motifs is 1. The normalized spacial score (nSPS) is 16.7. The van der Waals surface area contributed by atoms with Crippen LogP contribution in [0.2, 0.25) is 0 Å². The van der Waals surface area contributed by atoms with Gasteiger partial charge in [-0.25, -0.2) is 0 Å². The minimum absolute atomic E-state index is 0.0256. The van der Waals surface area contributed by atoms with Gasteiger partial charge in [-0.15, -0.1) is 11.8 Å². The molecule has 5 nitrogen and oxygen atoms in total. The summed E-state index contributed by atoms with van der Waals surface area (Å²) in [7, 11) is 3.04. The van der Waals surface area contributed by atoms with Crippen LogP contribution in [0.4, 0.5) is 24.5 Å². The van der Waals surface area contributed by atoms with Gasteiger partial charge in [-0.3, -0.25) is 9.59 Å². The van der Waals surface area contributed by atoms with Crippen LogP contribution in [0.15, 0.2) is 47.4 Å². The lowest BCUT2D eigenvalue weighted by atomic mass is 10.2. The molecule has 27 heavy (non-hydrogen) atoms. The molecule has 1 aliphatic heterocycles. The van der Waals surface area contributed by atoms with E-state index in [0.717, 1.165) is 23.9 Å². The quantitative estimate of drug-likeness (QED) is 0.802. The SMILES string of the molecule is COc1ccc2c(c1)SC(C(=O)Nc1cccc(C(F)(F)F)c1)C(=O)N2C. The summed E-state index contributed by atoms with van der Waals surface area (Å²) >= 11 is 1.03. The number of benzene rings is 2. The molecule has 1 heterocycles. The summed E-state index contributed by atoms with van der Waals surface area (Å²) < 4.78 is 43.6. The molecule has 1 unspecified atom stereocenters. The van der Waals surface area contributed by atoms with E-state index < -0.39 is 28.8 Å². The Morgan fingerprint density at radius 3 is 2.63 bits per heavy atom. The van der Waals surface area contributed by atoms with Gasteiger partial charge >= 0.3 is 6.18 Å². The Labute approximate surface area is 157 Å². The van der Waals surface area contributed by atoms with E-state index in [1.54, 1.807) is 18.2 Å². The molecule has 0 saturated heterocycles. The maximum absolute atomic E-state index is 12.8. The highest BCUT2D eigenvalue weighted by atomic mass is 32.2. The van der Waals surface area contributed by atoms with Crippen LogP contribution in [-0.2, 0) is 15.8 Å². The van der Waals surface area contributed by atoms with E-state index in [2.05, 4.69) is 5.32 Å². The highest BCUT2D eigenvalue weighted by Gasteiger charge is 2.37. The second-order valence-corrected chi connectivity index (χ2v) is 6.94. The molecule has 2 amide bonds. The fourth-order valence-corrected chi connectivity index (χ4v) is 3.80. The van der Waals surface area contributed by atoms with Crippen LogP contribution in [0.3, 0.4) is 0 Å². The first-order valence-electron chi connectivity index (χ1n) is 7.81. The summed E-state index contributed by atoms with van der Waals surface area (Å²) in [5.41, 5.74) is -0.272. The number of carbonyl (C=O) groups is 2. The van der Waals surface area contributed by atoms with Gasteiger partial charge in [0.1, 0.15) is 5.75 Å². The molecular weight excluding hydrogens is 381 g/mol. The molecule has 0 aromatic heterocycles. The number of nitrogens with one attached hydrogen (secondary N) is 1. The molecule has 1 N–H and O–H groups in total. The van der Waals surface area contributed by atoms with E-state index in [4.69, 9.17) is 4.74 Å². The zero-order chi connectivity index (χ0) is 19.8. The fourth-order valence-electron chi connectivity index (χ4n) is 2.61. The van der Waals surface area contributed by atoms with Gasteiger partial charge in [0.2, 0.25) is 11.8 Å². The molecule has 2 aromatic carbocycles. The Kier molecular flexibility index (Phi) is 5.05. The first-order valence-corrected chi connectivity index (χ1v) is 8.69. The summed E-state index contributed by atoms with van der Waals surface area (Å²) in [5, 5.41) is 1.27. The Morgan fingerprint density at radius 1 is 1.22 bits per heavy atom. The van der Waals surface area contributed by atoms with Crippen molar-refractivity contribution in [3.8, 4) is 5.75 Å². The van der Waals surface area contributed by atoms with Crippen molar-refractivity contribution in [1.29, 1.82) is 0 Å². The molecule has 142 valence electrons. The predicted molar refractivity (Wildman–Crippen MR) is 96.1 cm³/mol. The number of thioether (sulfide) groups is 1. The number of alkyl halides is 3. The van der Waals surface area contributed by atoms with Gasteiger partial charge in [0.05, 0.1) is 18.4 Å². The van der Waals surface area contributed by atoms with Crippen LogP contribution in [0, 0.1) is 0 Å². The van der Waals surface area contributed by atoms with Crippen molar-refractivity contribution in [2.45, 2.75) is 16.3 Å². The van der Waals surface area contributed by atoms with E-state index in [9.17, 15) is 22.8 Å². The van der Waals surface area contributed by atoms with Gasteiger partial charge in [-0.2, -0.15) is 13.2 Å². The number of amides is 2. The van der Waals surface area contributed by atoms with E-state index in [1.807, 2.05) is 0 Å². The van der Waals surface area contributed by atoms with Crippen molar-refractivity contribution in [3.63, 3.8) is 0 Å². The lowest BCUT2D eigenvalue weighted by Gasteiger charge is -2.30. The third-order valence-electron chi connectivity index (χ3n) is 4.02. The Hall–Kier alpha value is -2.68. The van der Waals surface area contributed by atoms with Crippen molar-refractivity contribution in [1.82, 2.24) is 0 Å². The maximum atomic E-state index is 12.8. The van der Waals surface area contributed by atoms with Crippen molar-refractivity contribution in [3.05, 3.63) is 48.0 Å². The number of halogens is 3. The molecule has 2 aromatic rings. The summed E-state index contributed by atoms with van der Waals surface area (Å²) in [6.45, 7) is 0. The van der Waals surface area contributed by atoms with Crippen LogP contribution in [0.25, 0.3) is 0 Å². The third-order valence-corrected chi connectivity index (χ3v) is 5.26. The minimum atomic E-state index is -4.52. The number of hydrogen-bond acceptors (Lipinski definition) is 4. The van der Waals surface area contributed by atoms with E-state index in [1.165, 1.54) is 31.2 Å². The first-order chi connectivity index (χ1) is 12.7. The average molecular weight is 396 g/mol. The number of rotatable bonds is 3. The maximum Gasteiger partial charge on any atom is 0.416 e. The number of ether oxygens (including phenoxy) is 1. The van der Waals surface area contributed by atoms with Crippen molar-refractivity contribution in [2.24, 2.45) is 0 Å². The second kappa shape index (κ2) is 7.15. The van der Waals surface area contributed by atoms with Crippen molar-refractivity contribution in [2.75, 3.05) is 24.4 Å². The highest BCUT2D eigenvalue weighted by molar-refractivity contribution is 8.01. The molecule has 9 heteroatoms.